The molecule has 0 radical (unpaired) electrons. The van der Waals surface area contributed by atoms with Crippen LogP contribution in [-0.4, -0.2) is 19.8 Å². The molecule has 0 unspecified atom stereocenters. The van der Waals surface area contributed by atoms with E-state index < -0.39 is 11.5 Å². The Morgan fingerprint density at radius 2 is 2.22 bits per heavy atom. The first kappa shape index (κ1) is 12.3. The molecule has 5 heteroatoms. The molecular weight excluding hydrogens is 232 g/mol. The first-order chi connectivity index (χ1) is 8.59. The lowest BCUT2D eigenvalue weighted by Gasteiger charge is -2.16. The smallest absolute Gasteiger partial charge is 0.223 e. The summed E-state index contributed by atoms with van der Waals surface area (Å²) in [7, 11) is 0. The van der Waals surface area contributed by atoms with E-state index in [0.29, 0.717) is 11.3 Å². The van der Waals surface area contributed by atoms with E-state index in [1.54, 1.807) is 42.2 Å². The molecule has 0 aliphatic rings. The Kier molecular flexibility index (Phi) is 3.43. The molecule has 0 aromatic carbocycles. The van der Waals surface area contributed by atoms with Crippen LogP contribution in [0, 0.1) is 6.92 Å². The number of aromatic hydroxyl groups is 1. The van der Waals surface area contributed by atoms with Crippen LogP contribution < -0.4 is 5.43 Å². The lowest BCUT2D eigenvalue weighted by Crippen LogP contribution is -2.14. The number of pyridine rings is 2. The van der Waals surface area contributed by atoms with Crippen molar-refractivity contribution in [2.75, 3.05) is 0 Å². The van der Waals surface area contributed by atoms with Crippen LogP contribution in [0.3, 0.4) is 0 Å². The second-order valence-electron chi connectivity index (χ2n) is 4.07. The van der Waals surface area contributed by atoms with Crippen LogP contribution in [0.5, 0.6) is 5.75 Å². The Labute approximate surface area is 104 Å². The Balaban J connectivity index is 2.25. The van der Waals surface area contributed by atoms with E-state index in [-0.39, 0.29) is 12.3 Å². The first-order valence-electron chi connectivity index (χ1n) is 5.56. The second-order valence-corrected chi connectivity index (χ2v) is 4.07. The molecule has 0 aliphatic heterocycles. The van der Waals surface area contributed by atoms with Crippen molar-refractivity contribution < 1.29 is 10.2 Å². The van der Waals surface area contributed by atoms with Gasteiger partial charge < -0.3 is 14.8 Å². The summed E-state index contributed by atoms with van der Waals surface area (Å²) in [6.45, 7) is 1.89. The fourth-order valence-corrected chi connectivity index (χ4v) is 1.73. The second kappa shape index (κ2) is 5.01. The maximum absolute atomic E-state index is 11.2. The molecule has 18 heavy (non-hydrogen) atoms. The molecule has 2 aromatic heterocycles. The molecule has 0 spiro atoms. The van der Waals surface area contributed by atoms with Crippen LogP contribution >= 0.6 is 0 Å². The van der Waals surface area contributed by atoms with Gasteiger partial charge in [0.15, 0.2) is 5.75 Å². The number of hydrogen-bond acceptors (Lipinski definition) is 4. The topological polar surface area (TPSA) is 75.3 Å². The van der Waals surface area contributed by atoms with E-state index in [1.807, 2.05) is 0 Å². The van der Waals surface area contributed by atoms with Crippen molar-refractivity contribution >= 4 is 0 Å². The number of hydrogen-bond donors (Lipinski definition) is 2. The van der Waals surface area contributed by atoms with Gasteiger partial charge >= 0.3 is 0 Å². The van der Waals surface area contributed by atoms with E-state index in [9.17, 15) is 15.0 Å². The third kappa shape index (κ3) is 2.41. The summed E-state index contributed by atoms with van der Waals surface area (Å²) < 4.78 is 1.63. The maximum Gasteiger partial charge on any atom is 0.223 e. The average Bonchev–Trinajstić information content (AvgIpc) is 2.40. The zero-order valence-electron chi connectivity index (χ0n) is 9.95. The van der Waals surface area contributed by atoms with Crippen molar-refractivity contribution in [1.82, 2.24) is 9.55 Å². The minimum atomic E-state index is -0.737. The number of aliphatic hydroxyl groups is 1. The van der Waals surface area contributed by atoms with Crippen LogP contribution in [0.1, 0.15) is 17.4 Å². The van der Waals surface area contributed by atoms with Crippen molar-refractivity contribution in [3.05, 3.63) is 58.3 Å². The predicted molar refractivity (Wildman–Crippen MR) is 66.3 cm³/mol. The average molecular weight is 246 g/mol. The lowest BCUT2D eigenvalue weighted by molar-refractivity contribution is 0.154. The van der Waals surface area contributed by atoms with E-state index in [0.717, 1.165) is 0 Å². The van der Waals surface area contributed by atoms with Gasteiger partial charge in [0.1, 0.15) is 0 Å². The quantitative estimate of drug-likeness (QED) is 0.846. The van der Waals surface area contributed by atoms with Crippen LogP contribution in [0.15, 0.2) is 41.6 Å². The first-order valence-corrected chi connectivity index (χ1v) is 5.56. The van der Waals surface area contributed by atoms with Gasteiger partial charge in [0.05, 0.1) is 18.3 Å². The van der Waals surface area contributed by atoms with E-state index in [4.69, 9.17) is 0 Å². The summed E-state index contributed by atoms with van der Waals surface area (Å²) >= 11 is 0. The van der Waals surface area contributed by atoms with Gasteiger partial charge in [-0.2, -0.15) is 0 Å². The summed E-state index contributed by atoms with van der Waals surface area (Å²) in [5.41, 5.74) is 0.708. The molecule has 0 bridgehead atoms. The molecule has 94 valence electrons. The molecule has 2 aromatic rings. The van der Waals surface area contributed by atoms with Gasteiger partial charge in [-0.25, -0.2) is 0 Å². The molecule has 2 heterocycles. The highest BCUT2D eigenvalue weighted by Crippen LogP contribution is 2.16. The molecule has 0 amide bonds. The largest absolute Gasteiger partial charge is 0.503 e. The Morgan fingerprint density at radius 1 is 1.44 bits per heavy atom. The zero-order chi connectivity index (χ0) is 13.1. The molecular formula is C13H14N2O3. The number of aromatic nitrogens is 2. The summed E-state index contributed by atoms with van der Waals surface area (Å²) in [5, 5.41) is 19.6. The summed E-state index contributed by atoms with van der Waals surface area (Å²) in [4.78, 5) is 15.1. The SMILES string of the molecule is Cc1c(O)c(=O)ccn1C[C@@H](O)c1cccnc1. The predicted octanol–water partition coefficient (Wildman–Crippen LogP) is 0.991. The molecule has 0 fully saturated rings. The monoisotopic (exact) mass is 246 g/mol. The molecule has 0 saturated carbocycles. The van der Waals surface area contributed by atoms with Crippen molar-refractivity contribution in [2.45, 2.75) is 19.6 Å². The summed E-state index contributed by atoms with van der Waals surface area (Å²) in [6, 6.07) is 4.79. The Hall–Kier alpha value is -2.14. The summed E-state index contributed by atoms with van der Waals surface area (Å²) in [6.07, 6.45) is 4.03. The van der Waals surface area contributed by atoms with Crippen LogP contribution in [-0.2, 0) is 6.54 Å². The minimum Gasteiger partial charge on any atom is -0.503 e. The van der Waals surface area contributed by atoms with Crippen molar-refractivity contribution in [3.63, 3.8) is 0 Å². The highest BCUT2D eigenvalue weighted by Gasteiger charge is 2.11. The molecule has 2 N–H and O–H groups in total. The van der Waals surface area contributed by atoms with Gasteiger partial charge in [0.25, 0.3) is 0 Å². The van der Waals surface area contributed by atoms with Gasteiger partial charge in [-0.3, -0.25) is 9.78 Å². The fourth-order valence-electron chi connectivity index (χ4n) is 1.73. The number of rotatable bonds is 3. The normalized spacial score (nSPS) is 12.3. The molecule has 1 atom stereocenters. The van der Waals surface area contributed by atoms with Crippen molar-refractivity contribution in [2.24, 2.45) is 0 Å². The molecule has 0 aliphatic carbocycles. The van der Waals surface area contributed by atoms with Gasteiger partial charge in [0, 0.05) is 30.2 Å². The van der Waals surface area contributed by atoms with Crippen LogP contribution in [0.4, 0.5) is 0 Å². The van der Waals surface area contributed by atoms with E-state index >= 15 is 0 Å². The lowest BCUT2D eigenvalue weighted by atomic mass is 10.1. The highest BCUT2D eigenvalue weighted by atomic mass is 16.3. The standard InChI is InChI=1S/C13H14N2O3/c1-9-13(18)11(16)4-6-15(9)8-12(17)10-3-2-5-14-7-10/h2-7,12,17-18H,8H2,1H3/t12-/m1/s1. The fraction of sp³-hybridized carbons (Fsp3) is 0.231. The molecule has 0 saturated heterocycles. The molecule has 2 rings (SSSR count). The van der Waals surface area contributed by atoms with Crippen LogP contribution in [0.2, 0.25) is 0 Å². The van der Waals surface area contributed by atoms with Gasteiger partial charge in [-0.1, -0.05) is 6.07 Å². The number of nitrogens with zero attached hydrogens (tertiary/aromatic N) is 2. The van der Waals surface area contributed by atoms with E-state index in [2.05, 4.69) is 4.98 Å². The van der Waals surface area contributed by atoms with Gasteiger partial charge in [0.2, 0.25) is 5.43 Å². The third-order valence-electron chi connectivity index (χ3n) is 2.85. The van der Waals surface area contributed by atoms with Gasteiger partial charge in [-0.15, -0.1) is 0 Å². The maximum atomic E-state index is 11.2. The zero-order valence-corrected chi connectivity index (χ0v) is 9.95. The minimum absolute atomic E-state index is 0.255. The van der Waals surface area contributed by atoms with Crippen molar-refractivity contribution in [1.29, 1.82) is 0 Å². The summed E-state index contributed by atoms with van der Waals surface area (Å²) in [5.74, 6) is -0.282. The highest BCUT2D eigenvalue weighted by molar-refractivity contribution is 5.25. The Bertz CT molecular complexity index is 593. The number of aliphatic hydroxyl groups excluding tert-OH is 1. The molecule has 5 nitrogen and oxygen atoms in total. The van der Waals surface area contributed by atoms with Crippen molar-refractivity contribution in [3.8, 4) is 5.75 Å². The van der Waals surface area contributed by atoms with Crippen LogP contribution in [0.25, 0.3) is 0 Å². The third-order valence-corrected chi connectivity index (χ3v) is 2.85. The van der Waals surface area contributed by atoms with Gasteiger partial charge in [-0.05, 0) is 13.0 Å². The Morgan fingerprint density at radius 3 is 2.89 bits per heavy atom. The van der Waals surface area contributed by atoms with E-state index in [1.165, 1.54) is 6.07 Å².